The van der Waals surface area contributed by atoms with Crippen LogP contribution in [0.25, 0.3) is 0 Å². The fraction of sp³-hybridized carbons (Fsp3) is 0.467. The van der Waals surface area contributed by atoms with Crippen molar-refractivity contribution in [3.63, 3.8) is 0 Å². The number of carbonyl (C=O) groups is 2. The molecule has 4 heteroatoms. The molecule has 0 aliphatic carbocycles. The maximum Gasteiger partial charge on any atom is 0.374 e. The van der Waals surface area contributed by atoms with Gasteiger partial charge in [-0.15, -0.1) is 0 Å². The van der Waals surface area contributed by atoms with Gasteiger partial charge in [-0.1, -0.05) is 25.1 Å². The summed E-state index contributed by atoms with van der Waals surface area (Å²) in [5.74, 6) is -0.343. The van der Waals surface area contributed by atoms with E-state index in [2.05, 4.69) is 4.74 Å². The van der Waals surface area contributed by atoms with Crippen molar-refractivity contribution in [2.75, 3.05) is 13.7 Å². The Morgan fingerprint density at radius 2 is 1.95 bits per heavy atom. The number of esters is 1. The SMILES string of the molecule is CCOC(=O)C(=O)CC(C)Cc1ccccc1OC. The number of ether oxygens (including phenoxy) is 2. The maximum absolute atomic E-state index is 11.6. The van der Waals surface area contributed by atoms with Crippen molar-refractivity contribution in [2.24, 2.45) is 5.92 Å². The molecule has 1 unspecified atom stereocenters. The molecule has 1 aromatic carbocycles. The van der Waals surface area contributed by atoms with Gasteiger partial charge in [0.1, 0.15) is 5.75 Å². The predicted molar refractivity (Wildman–Crippen MR) is 72.1 cm³/mol. The normalized spacial score (nSPS) is 11.7. The molecule has 0 radical (unpaired) electrons. The minimum atomic E-state index is -0.741. The molecule has 1 rings (SSSR count). The predicted octanol–water partition coefficient (Wildman–Crippen LogP) is 2.40. The number of carbonyl (C=O) groups excluding carboxylic acids is 2. The summed E-state index contributed by atoms with van der Waals surface area (Å²) in [7, 11) is 1.62. The van der Waals surface area contributed by atoms with Crippen LogP contribution in [-0.4, -0.2) is 25.5 Å². The number of benzene rings is 1. The molecular weight excluding hydrogens is 244 g/mol. The smallest absolute Gasteiger partial charge is 0.374 e. The average Bonchev–Trinajstić information content (AvgIpc) is 2.39. The summed E-state index contributed by atoms with van der Waals surface area (Å²) in [6.45, 7) is 3.85. The van der Waals surface area contributed by atoms with E-state index in [9.17, 15) is 9.59 Å². The van der Waals surface area contributed by atoms with Crippen molar-refractivity contribution >= 4 is 11.8 Å². The van der Waals surface area contributed by atoms with Crippen LogP contribution in [0.1, 0.15) is 25.8 Å². The second-order valence-electron chi connectivity index (χ2n) is 4.47. The third-order valence-corrected chi connectivity index (χ3v) is 2.80. The molecule has 0 aliphatic rings. The van der Waals surface area contributed by atoms with E-state index >= 15 is 0 Å². The molecule has 4 nitrogen and oxygen atoms in total. The second kappa shape index (κ2) is 7.56. The summed E-state index contributed by atoms with van der Waals surface area (Å²) in [5, 5.41) is 0. The summed E-state index contributed by atoms with van der Waals surface area (Å²) >= 11 is 0. The van der Waals surface area contributed by atoms with Crippen LogP contribution in [0.3, 0.4) is 0 Å². The highest BCUT2D eigenvalue weighted by molar-refractivity contribution is 6.33. The van der Waals surface area contributed by atoms with E-state index in [1.54, 1.807) is 14.0 Å². The molecule has 0 saturated heterocycles. The molecule has 0 amide bonds. The fourth-order valence-corrected chi connectivity index (χ4v) is 1.93. The molecule has 0 aliphatic heterocycles. The Morgan fingerprint density at radius 1 is 1.26 bits per heavy atom. The molecule has 0 spiro atoms. The van der Waals surface area contributed by atoms with Crippen molar-refractivity contribution in [1.82, 2.24) is 0 Å². The molecule has 0 saturated carbocycles. The first-order chi connectivity index (χ1) is 9.08. The van der Waals surface area contributed by atoms with Gasteiger partial charge in [-0.05, 0) is 30.9 Å². The first kappa shape index (κ1) is 15.2. The van der Waals surface area contributed by atoms with Crippen LogP contribution >= 0.6 is 0 Å². The van der Waals surface area contributed by atoms with Gasteiger partial charge in [0.05, 0.1) is 13.7 Å². The summed E-state index contributed by atoms with van der Waals surface area (Å²) < 4.78 is 9.95. The van der Waals surface area contributed by atoms with E-state index in [1.807, 2.05) is 31.2 Å². The van der Waals surface area contributed by atoms with Crippen molar-refractivity contribution in [2.45, 2.75) is 26.7 Å². The van der Waals surface area contributed by atoms with Gasteiger partial charge in [-0.3, -0.25) is 4.79 Å². The lowest BCUT2D eigenvalue weighted by Crippen LogP contribution is -2.20. The van der Waals surface area contributed by atoms with Crippen molar-refractivity contribution < 1.29 is 19.1 Å². The lowest BCUT2D eigenvalue weighted by Gasteiger charge is -2.13. The highest BCUT2D eigenvalue weighted by Gasteiger charge is 2.19. The first-order valence-corrected chi connectivity index (χ1v) is 6.40. The summed E-state index contributed by atoms with van der Waals surface area (Å²) in [6, 6.07) is 7.67. The second-order valence-corrected chi connectivity index (χ2v) is 4.47. The monoisotopic (exact) mass is 264 g/mol. The minimum absolute atomic E-state index is 0.0632. The third-order valence-electron chi connectivity index (χ3n) is 2.80. The van der Waals surface area contributed by atoms with E-state index < -0.39 is 11.8 Å². The third kappa shape index (κ3) is 4.73. The van der Waals surface area contributed by atoms with Crippen LogP contribution in [0.5, 0.6) is 5.75 Å². The Balaban J connectivity index is 2.57. The zero-order valence-corrected chi connectivity index (χ0v) is 11.6. The largest absolute Gasteiger partial charge is 0.496 e. The molecule has 0 aromatic heterocycles. The molecule has 0 fully saturated rings. The number of methoxy groups -OCH3 is 1. The number of hydrogen-bond donors (Lipinski definition) is 0. The highest BCUT2D eigenvalue weighted by Crippen LogP contribution is 2.22. The number of Topliss-reactive ketones (excluding diaryl/α,β-unsaturated/α-hetero) is 1. The van der Waals surface area contributed by atoms with Gasteiger partial charge in [-0.2, -0.15) is 0 Å². The van der Waals surface area contributed by atoms with Crippen LogP contribution < -0.4 is 4.74 Å². The molecule has 19 heavy (non-hydrogen) atoms. The van der Waals surface area contributed by atoms with E-state index in [0.29, 0.717) is 6.42 Å². The van der Waals surface area contributed by atoms with Gasteiger partial charge in [0, 0.05) is 6.42 Å². The lowest BCUT2D eigenvalue weighted by molar-refractivity contribution is -0.153. The lowest BCUT2D eigenvalue weighted by atomic mass is 9.95. The summed E-state index contributed by atoms with van der Waals surface area (Å²) in [4.78, 5) is 22.8. The van der Waals surface area contributed by atoms with Gasteiger partial charge >= 0.3 is 5.97 Å². The van der Waals surface area contributed by atoms with Gasteiger partial charge < -0.3 is 9.47 Å². The molecule has 1 aromatic rings. The minimum Gasteiger partial charge on any atom is -0.496 e. The van der Waals surface area contributed by atoms with E-state index in [0.717, 1.165) is 11.3 Å². The first-order valence-electron chi connectivity index (χ1n) is 6.40. The van der Waals surface area contributed by atoms with Crippen LogP contribution in [-0.2, 0) is 20.7 Å². The van der Waals surface area contributed by atoms with Crippen molar-refractivity contribution in [1.29, 1.82) is 0 Å². The van der Waals surface area contributed by atoms with Gasteiger partial charge in [0.15, 0.2) is 0 Å². The average molecular weight is 264 g/mol. The zero-order chi connectivity index (χ0) is 14.3. The number of rotatable bonds is 7. The topological polar surface area (TPSA) is 52.6 Å². The molecule has 0 N–H and O–H groups in total. The number of para-hydroxylation sites is 1. The Morgan fingerprint density at radius 3 is 2.58 bits per heavy atom. The van der Waals surface area contributed by atoms with Crippen LogP contribution in [0, 0.1) is 5.92 Å². The van der Waals surface area contributed by atoms with Crippen molar-refractivity contribution in [3.05, 3.63) is 29.8 Å². The molecule has 0 bridgehead atoms. The molecule has 104 valence electrons. The molecule has 0 heterocycles. The van der Waals surface area contributed by atoms with Gasteiger partial charge in [0.2, 0.25) is 5.78 Å². The Labute approximate surface area is 113 Å². The van der Waals surface area contributed by atoms with Crippen LogP contribution in [0.15, 0.2) is 24.3 Å². The Hall–Kier alpha value is -1.84. The van der Waals surface area contributed by atoms with E-state index in [4.69, 9.17) is 4.74 Å². The Kier molecular flexibility index (Phi) is 6.06. The Bertz CT molecular complexity index is 440. The standard InChI is InChI=1S/C15H20O4/c1-4-19-15(17)13(16)10-11(2)9-12-7-5-6-8-14(12)18-3/h5-8,11H,4,9-10H2,1-3H3. The zero-order valence-electron chi connectivity index (χ0n) is 11.6. The number of ketones is 1. The number of hydrogen-bond acceptors (Lipinski definition) is 4. The summed E-state index contributed by atoms with van der Waals surface area (Å²) in [6.07, 6.45) is 0.881. The van der Waals surface area contributed by atoms with E-state index in [1.165, 1.54) is 0 Å². The van der Waals surface area contributed by atoms with E-state index in [-0.39, 0.29) is 18.9 Å². The van der Waals surface area contributed by atoms with Crippen molar-refractivity contribution in [3.8, 4) is 5.75 Å². The molecular formula is C15H20O4. The van der Waals surface area contributed by atoms with Gasteiger partial charge in [-0.25, -0.2) is 4.79 Å². The van der Waals surface area contributed by atoms with Crippen LogP contribution in [0.4, 0.5) is 0 Å². The highest BCUT2D eigenvalue weighted by atomic mass is 16.5. The summed E-state index contributed by atoms with van der Waals surface area (Å²) in [5.41, 5.74) is 1.04. The molecule has 1 atom stereocenters. The fourth-order valence-electron chi connectivity index (χ4n) is 1.93. The van der Waals surface area contributed by atoms with Gasteiger partial charge in [0.25, 0.3) is 0 Å². The maximum atomic E-state index is 11.6. The van der Waals surface area contributed by atoms with Crippen LogP contribution in [0.2, 0.25) is 0 Å². The quantitative estimate of drug-likeness (QED) is 0.560.